The molecule has 0 heterocycles. The highest BCUT2D eigenvalue weighted by Gasteiger charge is 2.26. The van der Waals surface area contributed by atoms with Crippen molar-refractivity contribution in [3.8, 4) is 0 Å². The molecule has 1 aliphatic carbocycles. The molecule has 1 atom stereocenters. The third-order valence-electron chi connectivity index (χ3n) is 4.51. The summed E-state index contributed by atoms with van der Waals surface area (Å²) in [5.41, 5.74) is 2.82. The SMILES string of the molecule is CS(=O)(=O)N(CC(=O)N[C@H]1CCCc2ccccc21)c1ccccc1Br. The first-order valence-corrected chi connectivity index (χ1v) is 11.1. The van der Waals surface area contributed by atoms with Gasteiger partial charge >= 0.3 is 0 Å². The van der Waals surface area contributed by atoms with Crippen LogP contribution in [0.1, 0.15) is 30.0 Å². The summed E-state index contributed by atoms with van der Waals surface area (Å²) in [6, 6.07) is 15.0. The van der Waals surface area contributed by atoms with Crippen molar-refractivity contribution in [2.24, 2.45) is 0 Å². The fraction of sp³-hybridized carbons (Fsp3) is 0.316. The standard InChI is InChI=1S/C19H21BrN2O3S/c1-26(24,25)22(18-12-5-4-10-16(18)20)13-19(23)21-17-11-6-8-14-7-2-3-9-15(14)17/h2-5,7,9-10,12,17H,6,8,11,13H2,1H3,(H,21,23)/t17-/m0/s1. The first kappa shape index (κ1) is 18.9. The molecule has 1 N–H and O–H groups in total. The number of fused-ring (bicyclic) bond motifs is 1. The predicted octanol–water partition coefficient (Wildman–Crippen LogP) is 3.41. The molecule has 3 rings (SSSR count). The van der Waals surface area contributed by atoms with E-state index in [0.29, 0.717) is 10.2 Å². The van der Waals surface area contributed by atoms with Gasteiger partial charge in [0.25, 0.3) is 0 Å². The normalized spacial score (nSPS) is 16.6. The molecule has 0 radical (unpaired) electrons. The van der Waals surface area contributed by atoms with Gasteiger partial charge in [-0.25, -0.2) is 8.42 Å². The fourth-order valence-corrected chi connectivity index (χ4v) is 4.79. The van der Waals surface area contributed by atoms with Crippen LogP contribution in [-0.2, 0) is 21.2 Å². The zero-order valence-corrected chi connectivity index (χ0v) is 16.9. The van der Waals surface area contributed by atoms with E-state index in [-0.39, 0.29) is 18.5 Å². The number of para-hydroxylation sites is 1. The number of nitrogens with zero attached hydrogens (tertiary/aromatic N) is 1. The average Bonchev–Trinajstić information content (AvgIpc) is 2.60. The van der Waals surface area contributed by atoms with Crippen LogP contribution in [-0.4, -0.2) is 27.1 Å². The van der Waals surface area contributed by atoms with Crippen molar-refractivity contribution in [3.05, 3.63) is 64.1 Å². The van der Waals surface area contributed by atoms with Crippen molar-refractivity contribution in [3.63, 3.8) is 0 Å². The lowest BCUT2D eigenvalue weighted by Crippen LogP contribution is -2.42. The predicted molar refractivity (Wildman–Crippen MR) is 107 cm³/mol. The third kappa shape index (κ3) is 4.27. The molecule has 5 nitrogen and oxygen atoms in total. The van der Waals surface area contributed by atoms with E-state index in [0.717, 1.165) is 35.4 Å². The van der Waals surface area contributed by atoms with Crippen LogP contribution >= 0.6 is 15.9 Å². The second-order valence-electron chi connectivity index (χ2n) is 6.43. The maximum Gasteiger partial charge on any atom is 0.241 e. The van der Waals surface area contributed by atoms with E-state index in [4.69, 9.17) is 0 Å². The number of rotatable bonds is 5. The third-order valence-corrected chi connectivity index (χ3v) is 6.31. The molecular formula is C19H21BrN2O3S. The van der Waals surface area contributed by atoms with Gasteiger partial charge in [-0.05, 0) is 58.5 Å². The number of aryl methyl sites for hydroxylation is 1. The maximum absolute atomic E-state index is 12.6. The molecule has 0 fully saturated rings. The molecule has 26 heavy (non-hydrogen) atoms. The van der Waals surface area contributed by atoms with Gasteiger partial charge < -0.3 is 5.32 Å². The Balaban J connectivity index is 1.79. The monoisotopic (exact) mass is 436 g/mol. The highest BCUT2D eigenvalue weighted by atomic mass is 79.9. The minimum Gasteiger partial charge on any atom is -0.348 e. The minimum atomic E-state index is -3.59. The quantitative estimate of drug-likeness (QED) is 0.780. The molecule has 0 saturated carbocycles. The van der Waals surface area contributed by atoms with Crippen LogP contribution in [0.15, 0.2) is 53.0 Å². The number of nitrogens with one attached hydrogen (secondary N) is 1. The molecule has 2 aromatic rings. The number of sulfonamides is 1. The number of benzene rings is 2. The Hall–Kier alpha value is -1.86. The van der Waals surface area contributed by atoms with Gasteiger partial charge in [-0.15, -0.1) is 0 Å². The Morgan fingerprint density at radius 2 is 1.88 bits per heavy atom. The smallest absolute Gasteiger partial charge is 0.241 e. The molecule has 7 heteroatoms. The van der Waals surface area contributed by atoms with Gasteiger partial charge in [0.15, 0.2) is 0 Å². The summed E-state index contributed by atoms with van der Waals surface area (Å²) in [6.45, 7) is -0.250. The van der Waals surface area contributed by atoms with Gasteiger partial charge in [0, 0.05) is 4.47 Å². The number of anilines is 1. The molecule has 138 valence electrons. The maximum atomic E-state index is 12.6. The van der Waals surface area contributed by atoms with Crippen molar-refractivity contribution >= 4 is 37.5 Å². The summed E-state index contributed by atoms with van der Waals surface area (Å²) >= 11 is 3.36. The van der Waals surface area contributed by atoms with Gasteiger partial charge in [0.2, 0.25) is 15.9 Å². The molecule has 0 aliphatic heterocycles. The van der Waals surface area contributed by atoms with Crippen LogP contribution in [0, 0.1) is 0 Å². The molecule has 0 bridgehead atoms. The highest BCUT2D eigenvalue weighted by Crippen LogP contribution is 2.30. The second kappa shape index (κ2) is 7.80. The lowest BCUT2D eigenvalue weighted by Gasteiger charge is -2.28. The van der Waals surface area contributed by atoms with Crippen LogP contribution in [0.3, 0.4) is 0 Å². The lowest BCUT2D eigenvalue weighted by atomic mass is 9.88. The van der Waals surface area contributed by atoms with Crippen molar-refractivity contribution in [2.75, 3.05) is 17.1 Å². The number of carbonyl (C=O) groups is 1. The summed E-state index contributed by atoms with van der Waals surface area (Å²) in [6.07, 6.45) is 3.98. The first-order valence-electron chi connectivity index (χ1n) is 8.45. The van der Waals surface area contributed by atoms with Crippen LogP contribution < -0.4 is 9.62 Å². The van der Waals surface area contributed by atoms with Gasteiger partial charge in [-0.3, -0.25) is 9.10 Å². The molecule has 0 unspecified atom stereocenters. The number of halogens is 1. The minimum absolute atomic E-state index is 0.0759. The Kier molecular flexibility index (Phi) is 5.67. The van der Waals surface area contributed by atoms with Crippen molar-refractivity contribution in [1.29, 1.82) is 0 Å². The lowest BCUT2D eigenvalue weighted by molar-refractivity contribution is -0.120. The summed E-state index contributed by atoms with van der Waals surface area (Å²) in [7, 11) is -3.59. The summed E-state index contributed by atoms with van der Waals surface area (Å²) in [5, 5.41) is 3.01. The van der Waals surface area contributed by atoms with E-state index in [1.54, 1.807) is 24.3 Å². The Morgan fingerprint density at radius 1 is 1.19 bits per heavy atom. The number of hydrogen-bond acceptors (Lipinski definition) is 3. The molecule has 1 aliphatic rings. The van der Waals surface area contributed by atoms with E-state index in [1.807, 2.05) is 18.2 Å². The second-order valence-corrected chi connectivity index (χ2v) is 9.19. The number of amides is 1. The number of carbonyl (C=O) groups excluding carboxylic acids is 1. The Bertz CT molecular complexity index is 915. The largest absolute Gasteiger partial charge is 0.348 e. The first-order chi connectivity index (χ1) is 12.4. The van der Waals surface area contributed by atoms with Crippen molar-refractivity contribution in [2.45, 2.75) is 25.3 Å². The fourth-order valence-electron chi connectivity index (χ4n) is 3.31. The van der Waals surface area contributed by atoms with E-state index < -0.39 is 10.0 Å². The van der Waals surface area contributed by atoms with Crippen LogP contribution in [0.5, 0.6) is 0 Å². The van der Waals surface area contributed by atoms with Gasteiger partial charge in [0.05, 0.1) is 18.0 Å². The number of hydrogen-bond donors (Lipinski definition) is 1. The van der Waals surface area contributed by atoms with E-state index in [2.05, 4.69) is 27.3 Å². The Morgan fingerprint density at radius 3 is 2.62 bits per heavy atom. The summed E-state index contributed by atoms with van der Waals surface area (Å²) < 4.78 is 26.2. The van der Waals surface area contributed by atoms with Crippen molar-refractivity contribution in [1.82, 2.24) is 5.32 Å². The van der Waals surface area contributed by atoms with Gasteiger partial charge in [-0.2, -0.15) is 0 Å². The molecule has 0 spiro atoms. The van der Waals surface area contributed by atoms with Crippen LogP contribution in [0.2, 0.25) is 0 Å². The summed E-state index contributed by atoms with van der Waals surface area (Å²) in [4.78, 5) is 12.6. The van der Waals surface area contributed by atoms with E-state index in [9.17, 15) is 13.2 Å². The highest BCUT2D eigenvalue weighted by molar-refractivity contribution is 9.10. The molecular weight excluding hydrogens is 416 g/mol. The van der Waals surface area contributed by atoms with E-state index in [1.165, 1.54) is 5.56 Å². The van der Waals surface area contributed by atoms with Crippen LogP contribution in [0.25, 0.3) is 0 Å². The average molecular weight is 437 g/mol. The molecule has 0 aromatic heterocycles. The zero-order valence-electron chi connectivity index (χ0n) is 14.5. The molecule has 0 saturated heterocycles. The molecule has 1 amide bonds. The van der Waals surface area contributed by atoms with Crippen molar-refractivity contribution < 1.29 is 13.2 Å². The van der Waals surface area contributed by atoms with Gasteiger partial charge in [-0.1, -0.05) is 36.4 Å². The van der Waals surface area contributed by atoms with Crippen LogP contribution in [0.4, 0.5) is 5.69 Å². The van der Waals surface area contributed by atoms with Gasteiger partial charge in [0.1, 0.15) is 6.54 Å². The Labute approximate surface area is 162 Å². The topological polar surface area (TPSA) is 66.5 Å². The zero-order chi connectivity index (χ0) is 18.7. The molecule has 2 aromatic carbocycles. The van der Waals surface area contributed by atoms with E-state index >= 15 is 0 Å². The summed E-state index contributed by atoms with van der Waals surface area (Å²) in [5.74, 6) is -0.312.